The molecule has 1 fully saturated rings. The van der Waals surface area contributed by atoms with E-state index in [1.807, 2.05) is 12.1 Å². The van der Waals surface area contributed by atoms with Gasteiger partial charge in [0.2, 0.25) is 5.91 Å². The number of carbonyl (C=O) groups excluding carboxylic acids is 1. The fourth-order valence-electron chi connectivity index (χ4n) is 3.91. The summed E-state index contributed by atoms with van der Waals surface area (Å²) in [7, 11) is 0. The van der Waals surface area contributed by atoms with Crippen LogP contribution in [0.1, 0.15) is 57.4 Å². The van der Waals surface area contributed by atoms with Crippen LogP contribution in [0.25, 0.3) is 0 Å². The Morgan fingerprint density at radius 1 is 1.19 bits per heavy atom. The summed E-state index contributed by atoms with van der Waals surface area (Å²) in [6, 6.07) is 8.11. The summed E-state index contributed by atoms with van der Waals surface area (Å²) in [5, 5.41) is 13.1. The maximum absolute atomic E-state index is 12.5. The Morgan fingerprint density at radius 2 is 2.00 bits per heavy atom. The highest BCUT2D eigenvalue weighted by Gasteiger charge is 2.24. The summed E-state index contributed by atoms with van der Waals surface area (Å²) in [5.41, 5.74) is 1.16. The SMILES string of the molecule is CCCCOc1ccc(C[C@@H](CN2CC[C@H](O)C2)NC(=O)CCCCCOCCF)cc1. The molecule has 1 aromatic rings. The smallest absolute Gasteiger partial charge is 0.220 e. The van der Waals surface area contributed by atoms with Crippen LogP contribution in [-0.2, 0) is 16.0 Å². The number of halogens is 1. The van der Waals surface area contributed by atoms with Gasteiger partial charge in [-0.2, -0.15) is 0 Å². The highest BCUT2D eigenvalue weighted by Crippen LogP contribution is 2.16. The first-order valence-electron chi connectivity index (χ1n) is 12.2. The number of ether oxygens (including phenoxy) is 2. The largest absolute Gasteiger partial charge is 0.494 e. The van der Waals surface area contributed by atoms with Crippen molar-refractivity contribution in [1.29, 1.82) is 0 Å². The van der Waals surface area contributed by atoms with Gasteiger partial charge in [0, 0.05) is 38.7 Å². The van der Waals surface area contributed by atoms with E-state index in [-0.39, 0.29) is 24.7 Å². The Hall–Kier alpha value is -1.70. The first-order chi connectivity index (χ1) is 15.6. The van der Waals surface area contributed by atoms with Crippen molar-refractivity contribution >= 4 is 5.91 Å². The molecule has 1 amide bonds. The van der Waals surface area contributed by atoms with Crippen LogP contribution in [0.3, 0.4) is 0 Å². The van der Waals surface area contributed by atoms with Gasteiger partial charge < -0.3 is 19.9 Å². The Kier molecular flexibility index (Phi) is 13.3. The van der Waals surface area contributed by atoms with E-state index in [2.05, 4.69) is 29.3 Å². The number of likely N-dealkylation sites (tertiary alicyclic amines) is 1. The van der Waals surface area contributed by atoms with Gasteiger partial charge in [-0.25, -0.2) is 4.39 Å². The zero-order valence-electron chi connectivity index (χ0n) is 19.6. The Labute approximate surface area is 192 Å². The topological polar surface area (TPSA) is 71.0 Å². The van der Waals surface area contributed by atoms with Gasteiger partial charge in [0.05, 0.1) is 19.3 Å². The second-order valence-electron chi connectivity index (χ2n) is 8.63. The van der Waals surface area contributed by atoms with Crippen LogP contribution >= 0.6 is 0 Å². The highest BCUT2D eigenvalue weighted by molar-refractivity contribution is 5.76. The number of benzene rings is 1. The number of hydrogen-bond donors (Lipinski definition) is 2. The summed E-state index contributed by atoms with van der Waals surface area (Å²) < 4.78 is 22.9. The summed E-state index contributed by atoms with van der Waals surface area (Å²) in [5.74, 6) is 0.930. The molecule has 7 heteroatoms. The first-order valence-corrected chi connectivity index (χ1v) is 12.2. The van der Waals surface area contributed by atoms with E-state index in [0.717, 1.165) is 76.0 Å². The summed E-state index contributed by atoms with van der Waals surface area (Å²) >= 11 is 0. The number of rotatable bonds is 17. The minimum atomic E-state index is -0.452. The molecule has 0 spiro atoms. The van der Waals surface area contributed by atoms with Gasteiger partial charge in [-0.1, -0.05) is 31.9 Å². The molecule has 2 rings (SSSR count). The third-order valence-corrected chi connectivity index (χ3v) is 5.68. The third kappa shape index (κ3) is 11.2. The van der Waals surface area contributed by atoms with Crippen molar-refractivity contribution in [3.63, 3.8) is 0 Å². The van der Waals surface area contributed by atoms with Gasteiger partial charge in [0.15, 0.2) is 0 Å². The Bertz CT molecular complexity index is 629. The molecular formula is C25H41FN2O4. The van der Waals surface area contributed by atoms with Crippen LogP contribution in [0.5, 0.6) is 5.75 Å². The van der Waals surface area contributed by atoms with Crippen molar-refractivity contribution in [2.24, 2.45) is 0 Å². The average Bonchev–Trinajstić information content (AvgIpc) is 3.19. The summed E-state index contributed by atoms with van der Waals surface area (Å²) in [6.07, 6.45) is 6.41. The average molecular weight is 453 g/mol. The second-order valence-corrected chi connectivity index (χ2v) is 8.63. The molecule has 1 heterocycles. The van der Waals surface area contributed by atoms with Gasteiger partial charge in [-0.05, 0) is 49.8 Å². The van der Waals surface area contributed by atoms with Gasteiger partial charge >= 0.3 is 0 Å². The molecule has 2 N–H and O–H groups in total. The lowest BCUT2D eigenvalue weighted by atomic mass is 10.0. The van der Waals surface area contributed by atoms with Crippen molar-refractivity contribution < 1.29 is 23.8 Å². The number of nitrogens with one attached hydrogen (secondary N) is 1. The number of amides is 1. The van der Waals surface area contributed by atoms with Crippen molar-refractivity contribution in [2.45, 2.75) is 70.4 Å². The van der Waals surface area contributed by atoms with E-state index in [1.165, 1.54) is 0 Å². The molecule has 0 unspecified atom stereocenters. The van der Waals surface area contributed by atoms with Crippen LogP contribution in [0.2, 0.25) is 0 Å². The Morgan fingerprint density at radius 3 is 2.69 bits per heavy atom. The van der Waals surface area contributed by atoms with E-state index < -0.39 is 6.67 Å². The minimum Gasteiger partial charge on any atom is -0.494 e. The lowest BCUT2D eigenvalue weighted by Crippen LogP contribution is -2.44. The number of alkyl halides is 1. The van der Waals surface area contributed by atoms with Gasteiger partial charge in [0.1, 0.15) is 12.4 Å². The van der Waals surface area contributed by atoms with E-state index in [9.17, 15) is 14.3 Å². The number of nitrogens with zero attached hydrogens (tertiary/aromatic N) is 1. The van der Waals surface area contributed by atoms with Crippen LogP contribution in [-0.4, -0.2) is 74.2 Å². The minimum absolute atomic E-state index is 0.00690. The molecule has 0 aliphatic carbocycles. The predicted octanol–water partition coefficient (Wildman–Crippen LogP) is 3.51. The summed E-state index contributed by atoms with van der Waals surface area (Å²) in [6.45, 7) is 5.37. The summed E-state index contributed by atoms with van der Waals surface area (Å²) in [4.78, 5) is 14.8. The standard InChI is InChI=1S/C25H41FN2O4/c1-2-3-16-32-24-10-8-21(9-11-24)18-22(19-28-14-12-23(29)20-28)27-25(30)7-5-4-6-15-31-17-13-26/h8-11,22-23,29H,2-7,12-20H2,1H3,(H,27,30)/t22-,23-/m0/s1. The van der Waals surface area contributed by atoms with E-state index in [1.54, 1.807) is 0 Å². The number of aliphatic hydroxyl groups is 1. The molecule has 6 nitrogen and oxygen atoms in total. The molecule has 1 saturated heterocycles. The van der Waals surface area contributed by atoms with Crippen LogP contribution in [0.4, 0.5) is 4.39 Å². The lowest BCUT2D eigenvalue weighted by molar-refractivity contribution is -0.122. The molecule has 0 aromatic heterocycles. The maximum atomic E-state index is 12.5. The zero-order chi connectivity index (χ0) is 23.0. The molecular weight excluding hydrogens is 411 g/mol. The quantitative estimate of drug-likeness (QED) is 0.354. The zero-order valence-corrected chi connectivity index (χ0v) is 19.6. The number of carbonyl (C=O) groups is 1. The van der Waals surface area contributed by atoms with E-state index in [4.69, 9.17) is 9.47 Å². The van der Waals surface area contributed by atoms with Gasteiger partial charge in [0.25, 0.3) is 0 Å². The fourth-order valence-corrected chi connectivity index (χ4v) is 3.91. The van der Waals surface area contributed by atoms with Crippen molar-refractivity contribution in [3.8, 4) is 5.75 Å². The first kappa shape index (κ1) is 26.6. The molecule has 0 bridgehead atoms. The molecule has 1 aliphatic heterocycles. The lowest BCUT2D eigenvalue weighted by Gasteiger charge is -2.25. The Balaban J connectivity index is 1.81. The molecule has 32 heavy (non-hydrogen) atoms. The third-order valence-electron chi connectivity index (χ3n) is 5.68. The molecule has 0 radical (unpaired) electrons. The number of β-amino-alcohol motifs (C(OH)–C–C–N with tert-alkyl or cyclic N) is 1. The van der Waals surface area contributed by atoms with Gasteiger partial charge in [-0.15, -0.1) is 0 Å². The van der Waals surface area contributed by atoms with Crippen molar-refractivity contribution in [3.05, 3.63) is 29.8 Å². The normalized spacial score (nSPS) is 17.4. The highest BCUT2D eigenvalue weighted by atomic mass is 19.1. The van der Waals surface area contributed by atoms with Crippen molar-refractivity contribution in [2.75, 3.05) is 46.1 Å². The van der Waals surface area contributed by atoms with Crippen molar-refractivity contribution in [1.82, 2.24) is 10.2 Å². The van der Waals surface area contributed by atoms with E-state index >= 15 is 0 Å². The molecule has 2 atom stereocenters. The number of unbranched alkanes of at least 4 members (excludes halogenated alkanes) is 3. The van der Waals surface area contributed by atoms with E-state index in [0.29, 0.717) is 19.6 Å². The number of hydrogen-bond acceptors (Lipinski definition) is 5. The van der Waals surface area contributed by atoms with Crippen LogP contribution in [0, 0.1) is 0 Å². The predicted molar refractivity (Wildman–Crippen MR) is 125 cm³/mol. The molecule has 0 saturated carbocycles. The number of aliphatic hydroxyl groups excluding tert-OH is 1. The van der Waals surface area contributed by atoms with Crippen LogP contribution in [0.15, 0.2) is 24.3 Å². The second kappa shape index (κ2) is 16.0. The monoisotopic (exact) mass is 452 g/mol. The maximum Gasteiger partial charge on any atom is 0.220 e. The molecule has 182 valence electrons. The molecule has 1 aliphatic rings. The molecule has 1 aromatic carbocycles. The van der Waals surface area contributed by atoms with Crippen LogP contribution < -0.4 is 10.1 Å². The fraction of sp³-hybridized carbons (Fsp3) is 0.720. The van der Waals surface area contributed by atoms with Gasteiger partial charge in [-0.3, -0.25) is 9.69 Å².